The molecule has 88 valence electrons. The zero-order valence-electron chi connectivity index (χ0n) is 8.68. The molecule has 6 heteroatoms. The first kappa shape index (κ1) is 11.5. The minimum Gasteiger partial charge on any atom is -0.476 e. The summed E-state index contributed by atoms with van der Waals surface area (Å²) in [5.74, 6) is -1.12. The Morgan fingerprint density at radius 3 is 3.00 bits per heavy atom. The van der Waals surface area contributed by atoms with Gasteiger partial charge in [0, 0.05) is 11.6 Å². The number of aromatic nitrogens is 1. The van der Waals surface area contributed by atoms with Gasteiger partial charge >= 0.3 is 5.97 Å². The van der Waals surface area contributed by atoms with Crippen LogP contribution in [0.15, 0.2) is 34.9 Å². The first-order valence-corrected chi connectivity index (χ1v) is 5.20. The van der Waals surface area contributed by atoms with Gasteiger partial charge < -0.3 is 14.8 Å². The number of carbonyl (C=O) groups is 1. The van der Waals surface area contributed by atoms with E-state index in [9.17, 15) is 4.79 Å². The number of benzene rings is 1. The molecule has 1 aromatic heterocycles. The van der Waals surface area contributed by atoms with E-state index >= 15 is 0 Å². The molecule has 1 heterocycles. The Kier molecular flexibility index (Phi) is 3.30. The quantitative estimate of drug-likeness (QED) is 0.875. The maximum Gasteiger partial charge on any atom is 0.357 e. The van der Waals surface area contributed by atoms with Gasteiger partial charge in [-0.1, -0.05) is 23.7 Å². The summed E-state index contributed by atoms with van der Waals surface area (Å²) in [6, 6.07) is 7.47. The largest absolute Gasteiger partial charge is 0.476 e. The van der Waals surface area contributed by atoms with Crippen molar-refractivity contribution >= 4 is 23.6 Å². The van der Waals surface area contributed by atoms with E-state index in [4.69, 9.17) is 21.1 Å². The van der Waals surface area contributed by atoms with Gasteiger partial charge in [-0.15, -0.1) is 0 Å². The molecule has 0 radical (unpaired) electrons. The SMILES string of the molecule is O=C(O)c1coc(NCc2cccc(Cl)c2)n1. The fourth-order valence-electron chi connectivity index (χ4n) is 1.28. The number of anilines is 1. The van der Waals surface area contributed by atoms with Crippen LogP contribution in [0.3, 0.4) is 0 Å². The number of nitrogens with zero attached hydrogens (tertiary/aromatic N) is 1. The molecular weight excluding hydrogens is 244 g/mol. The third kappa shape index (κ3) is 2.98. The number of carboxylic acids is 1. The molecular formula is C11H9ClN2O3. The summed E-state index contributed by atoms with van der Waals surface area (Å²) in [6.07, 6.45) is 1.09. The van der Waals surface area contributed by atoms with Crippen molar-refractivity contribution in [3.8, 4) is 0 Å². The molecule has 0 bridgehead atoms. The van der Waals surface area contributed by atoms with Gasteiger partial charge in [0.05, 0.1) is 0 Å². The molecule has 17 heavy (non-hydrogen) atoms. The summed E-state index contributed by atoms with van der Waals surface area (Å²) in [4.78, 5) is 14.3. The molecule has 0 atom stereocenters. The fourth-order valence-corrected chi connectivity index (χ4v) is 1.49. The smallest absolute Gasteiger partial charge is 0.357 e. The molecule has 0 aliphatic heterocycles. The number of hydrogen-bond donors (Lipinski definition) is 2. The van der Waals surface area contributed by atoms with Crippen LogP contribution in [-0.2, 0) is 6.54 Å². The average molecular weight is 253 g/mol. The van der Waals surface area contributed by atoms with E-state index in [0.29, 0.717) is 11.6 Å². The standard InChI is InChI=1S/C11H9ClN2O3/c12-8-3-1-2-7(4-8)5-13-11-14-9(6-17-11)10(15)16/h1-4,6H,5H2,(H,13,14)(H,15,16). The second-order valence-electron chi connectivity index (χ2n) is 3.33. The monoisotopic (exact) mass is 252 g/mol. The highest BCUT2D eigenvalue weighted by molar-refractivity contribution is 6.30. The fraction of sp³-hybridized carbons (Fsp3) is 0.0909. The highest BCUT2D eigenvalue weighted by Gasteiger charge is 2.09. The Balaban J connectivity index is 2.00. The number of nitrogens with one attached hydrogen (secondary N) is 1. The van der Waals surface area contributed by atoms with Gasteiger partial charge in [-0.2, -0.15) is 4.98 Å². The first-order chi connectivity index (χ1) is 8.15. The second kappa shape index (κ2) is 4.88. The molecule has 0 fully saturated rings. The van der Waals surface area contributed by atoms with Gasteiger partial charge in [-0.3, -0.25) is 0 Å². The number of hydrogen-bond acceptors (Lipinski definition) is 4. The lowest BCUT2D eigenvalue weighted by Crippen LogP contribution is -2.01. The van der Waals surface area contributed by atoms with Gasteiger partial charge in [-0.25, -0.2) is 4.79 Å². The average Bonchev–Trinajstić information content (AvgIpc) is 2.75. The third-order valence-electron chi connectivity index (χ3n) is 2.06. The molecule has 5 nitrogen and oxygen atoms in total. The van der Waals surface area contributed by atoms with Crippen LogP contribution in [0.25, 0.3) is 0 Å². The first-order valence-electron chi connectivity index (χ1n) is 4.82. The van der Waals surface area contributed by atoms with Gasteiger partial charge in [-0.05, 0) is 17.7 Å². The van der Waals surface area contributed by atoms with Crippen molar-refractivity contribution in [3.63, 3.8) is 0 Å². The van der Waals surface area contributed by atoms with Crippen LogP contribution in [0.2, 0.25) is 5.02 Å². The van der Waals surface area contributed by atoms with Crippen molar-refractivity contribution in [1.82, 2.24) is 4.98 Å². The minimum atomic E-state index is -1.12. The van der Waals surface area contributed by atoms with Crippen molar-refractivity contribution in [3.05, 3.63) is 46.8 Å². The summed E-state index contributed by atoms with van der Waals surface area (Å²) in [5.41, 5.74) is 0.825. The molecule has 0 aliphatic carbocycles. The highest BCUT2D eigenvalue weighted by Crippen LogP contribution is 2.13. The Bertz CT molecular complexity index is 539. The molecule has 0 saturated carbocycles. The highest BCUT2D eigenvalue weighted by atomic mass is 35.5. The number of rotatable bonds is 4. The van der Waals surface area contributed by atoms with E-state index in [1.807, 2.05) is 12.1 Å². The Labute approximate surface area is 102 Å². The molecule has 0 spiro atoms. The number of carboxylic acid groups (broad SMARTS) is 1. The lowest BCUT2D eigenvalue weighted by molar-refractivity contribution is 0.0690. The van der Waals surface area contributed by atoms with Gasteiger partial charge in [0.2, 0.25) is 0 Å². The number of halogens is 1. The normalized spacial score (nSPS) is 10.2. The molecule has 0 aliphatic rings. The van der Waals surface area contributed by atoms with Crippen LogP contribution in [0.5, 0.6) is 0 Å². The summed E-state index contributed by atoms with van der Waals surface area (Å²) >= 11 is 5.83. The summed E-state index contributed by atoms with van der Waals surface area (Å²) in [7, 11) is 0. The maximum absolute atomic E-state index is 10.6. The molecule has 0 unspecified atom stereocenters. The molecule has 1 aromatic carbocycles. The zero-order valence-corrected chi connectivity index (χ0v) is 9.44. The van der Waals surface area contributed by atoms with Gasteiger partial charge in [0.1, 0.15) is 6.26 Å². The lowest BCUT2D eigenvalue weighted by atomic mass is 10.2. The Hall–Kier alpha value is -2.01. The zero-order chi connectivity index (χ0) is 12.3. The van der Waals surface area contributed by atoms with Crippen molar-refractivity contribution in [2.24, 2.45) is 0 Å². The minimum absolute atomic E-state index is 0.126. The Morgan fingerprint density at radius 1 is 1.53 bits per heavy atom. The van der Waals surface area contributed by atoms with Gasteiger partial charge in [0.15, 0.2) is 5.69 Å². The van der Waals surface area contributed by atoms with Gasteiger partial charge in [0.25, 0.3) is 6.01 Å². The number of oxazole rings is 1. The van der Waals surface area contributed by atoms with Crippen LogP contribution >= 0.6 is 11.6 Å². The summed E-state index contributed by atoms with van der Waals surface area (Å²) < 4.78 is 4.94. The molecule has 2 aromatic rings. The predicted molar refractivity (Wildman–Crippen MR) is 62.2 cm³/mol. The summed E-state index contributed by atoms with van der Waals surface area (Å²) in [6.45, 7) is 0.458. The molecule has 2 rings (SSSR count). The molecule has 2 N–H and O–H groups in total. The van der Waals surface area contributed by atoms with E-state index < -0.39 is 5.97 Å². The van der Waals surface area contributed by atoms with Crippen LogP contribution in [0, 0.1) is 0 Å². The Morgan fingerprint density at radius 2 is 2.35 bits per heavy atom. The van der Waals surface area contributed by atoms with E-state index in [1.54, 1.807) is 12.1 Å². The predicted octanol–water partition coefficient (Wildman–Crippen LogP) is 2.64. The van der Waals surface area contributed by atoms with Crippen LogP contribution in [0.1, 0.15) is 16.1 Å². The van der Waals surface area contributed by atoms with E-state index in [-0.39, 0.29) is 11.7 Å². The van der Waals surface area contributed by atoms with Crippen LogP contribution < -0.4 is 5.32 Å². The topological polar surface area (TPSA) is 75.4 Å². The van der Waals surface area contributed by atoms with Crippen molar-refractivity contribution in [1.29, 1.82) is 0 Å². The van der Waals surface area contributed by atoms with E-state index in [1.165, 1.54) is 0 Å². The van der Waals surface area contributed by atoms with Crippen LogP contribution in [0.4, 0.5) is 6.01 Å². The van der Waals surface area contributed by atoms with Crippen molar-refractivity contribution in [2.75, 3.05) is 5.32 Å². The molecule has 0 amide bonds. The van der Waals surface area contributed by atoms with Crippen molar-refractivity contribution in [2.45, 2.75) is 6.54 Å². The van der Waals surface area contributed by atoms with E-state index in [2.05, 4.69) is 10.3 Å². The second-order valence-corrected chi connectivity index (χ2v) is 3.76. The third-order valence-corrected chi connectivity index (χ3v) is 2.29. The van der Waals surface area contributed by atoms with Crippen LogP contribution in [-0.4, -0.2) is 16.1 Å². The van der Waals surface area contributed by atoms with E-state index in [0.717, 1.165) is 11.8 Å². The number of aromatic carboxylic acids is 1. The maximum atomic E-state index is 10.6. The summed E-state index contributed by atoms with van der Waals surface area (Å²) in [5, 5.41) is 12.2. The van der Waals surface area contributed by atoms with Crippen molar-refractivity contribution < 1.29 is 14.3 Å². The molecule has 0 saturated heterocycles. The lowest BCUT2D eigenvalue weighted by Gasteiger charge is -2.01.